The molecule has 0 aliphatic heterocycles. The first-order valence-electron chi connectivity index (χ1n) is 5.70. The Morgan fingerprint density at radius 1 is 1.42 bits per heavy atom. The summed E-state index contributed by atoms with van der Waals surface area (Å²) in [7, 11) is 0. The van der Waals surface area contributed by atoms with Gasteiger partial charge in [-0.25, -0.2) is 4.39 Å². The molecule has 98 valence electrons. The highest BCUT2D eigenvalue weighted by molar-refractivity contribution is 7.99. The van der Waals surface area contributed by atoms with E-state index in [9.17, 15) is 9.18 Å². The van der Waals surface area contributed by atoms with E-state index < -0.39 is 0 Å². The van der Waals surface area contributed by atoms with E-state index in [1.54, 1.807) is 24.5 Å². The van der Waals surface area contributed by atoms with Gasteiger partial charge in [-0.2, -0.15) is 0 Å². The number of benzene rings is 1. The van der Waals surface area contributed by atoms with Gasteiger partial charge in [0.2, 0.25) is 0 Å². The number of rotatable bonds is 5. The van der Waals surface area contributed by atoms with Crippen molar-refractivity contribution in [3.8, 4) is 0 Å². The van der Waals surface area contributed by atoms with Crippen molar-refractivity contribution in [2.75, 3.05) is 10.6 Å². The zero-order chi connectivity index (χ0) is 13.7. The fourth-order valence-corrected chi connectivity index (χ4v) is 2.27. The lowest BCUT2D eigenvalue weighted by Crippen LogP contribution is -2.14. The Morgan fingerprint density at radius 2 is 2.26 bits per heavy atom. The molecule has 0 amide bonds. The van der Waals surface area contributed by atoms with Gasteiger partial charge in [0.1, 0.15) is 12.1 Å². The summed E-state index contributed by atoms with van der Waals surface area (Å²) in [5, 5.41) is 0. The van der Waals surface area contributed by atoms with Crippen LogP contribution in [-0.2, 0) is 6.54 Å². The van der Waals surface area contributed by atoms with E-state index in [0.29, 0.717) is 24.0 Å². The molecule has 2 rings (SSSR count). The predicted molar refractivity (Wildman–Crippen MR) is 75.7 cm³/mol. The molecule has 0 unspecified atom stereocenters. The zero-order valence-corrected chi connectivity index (χ0v) is 11.2. The fourth-order valence-electron chi connectivity index (χ4n) is 1.68. The lowest BCUT2D eigenvalue weighted by Gasteiger charge is -2.21. The van der Waals surface area contributed by atoms with Crippen LogP contribution < -0.4 is 4.31 Å². The van der Waals surface area contributed by atoms with Gasteiger partial charge in [0, 0.05) is 23.6 Å². The Hall–Kier alpha value is -1.88. The van der Waals surface area contributed by atoms with E-state index in [-0.39, 0.29) is 5.82 Å². The van der Waals surface area contributed by atoms with Crippen LogP contribution in [0, 0.1) is 5.82 Å². The number of carbonyl (C=O) groups excluding carboxylic acids is 1. The van der Waals surface area contributed by atoms with Crippen LogP contribution in [-0.4, -0.2) is 17.5 Å². The summed E-state index contributed by atoms with van der Waals surface area (Å²) in [5.74, 6) is -0.368. The van der Waals surface area contributed by atoms with E-state index in [2.05, 4.69) is 4.98 Å². The molecule has 5 heteroatoms. The predicted octanol–water partition coefficient (Wildman–Crippen LogP) is 3.32. The third-order valence-electron chi connectivity index (χ3n) is 2.68. The first kappa shape index (κ1) is 13.5. The molecule has 1 heterocycles. The van der Waals surface area contributed by atoms with Crippen molar-refractivity contribution in [2.24, 2.45) is 0 Å². The highest BCUT2D eigenvalue weighted by atomic mass is 32.2. The second-order valence-corrected chi connectivity index (χ2v) is 4.71. The van der Waals surface area contributed by atoms with Gasteiger partial charge < -0.3 is 4.31 Å². The van der Waals surface area contributed by atoms with E-state index in [4.69, 9.17) is 0 Å². The van der Waals surface area contributed by atoms with Crippen molar-refractivity contribution in [1.82, 2.24) is 4.98 Å². The van der Waals surface area contributed by atoms with Crippen molar-refractivity contribution in [1.29, 1.82) is 0 Å². The van der Waals surface area contributed by atoms with Crippen molar-refractivity contribution in [3.05, 3.63) is 59.7 Å². The smallest absolute Gasteiger partial charge is 0.150 e. The summed E-state index contributed by atoms with van der Waals surface area (Å²) < 4.78 is 15.8. The molecule has 1 aromatic heterocycles. The molecule has 3 nitrogen and oxygen atoms in total. The first-order valence-corrected chi connectivity index (χ1v) is 6.88. The van der Waals surface area contributed by atoms with Gasteiger partial charge in [-0.15, -0.1) is 0 Å². The highest BCUT2D eigenvalue weighted by Gasteiger charge is 2.10. The maximum absolute atomic E-state index is 13.8. The summed E-state index contributed by atoms with van der Waals surface area (Å²) in [4.78, 5) is 14.6. The molecule has 19 heavy (non-hydrogen) atoms. The Labute approximate surface area is 115 Å². The molecule has 0 fully saturated rings. The van der Waals surface area contributed by atoms with E-state index in [1.165, 1.54) is 18.0 Å². The summed E-state index contributed by atoms with van der Waals surface area (Å²) in [6.07, 6.45) is 5.99. The van der Waals surface area contributed by atoms with Crippen molar-refractivity contribution in [2.45, 2.75) is 6.54 Å². The number of aromatic nitrogens is 1. The molecular formula is C14H13FN2OS. The third kappa shape index (κ3) is 3.32. The number of aldehydes is 1. The molecule has 0 spiro atoms. The van der Waals surface area contributed by atoms with Gasteiger partial charge in [0.15, 0.2) is 0 Å². The average molecular weight is 276 g/mol. The van der Waals surface area contributed by atoms with Crippen LogP contribution in [0.1, 0.15) is 15.9 Å². The zero-order valence-electron chi connectivity index (χ0n) is 10.4. The second kappa shape index (κ2) is 6.33. The van der Waals surface area contributed by atoms with Gasteiger partial charge in [-0.3, -0.25) is 9.78 Å². The minimum Gasteiger partial charge on any atom is -0.310 e. The van der Waals surface area contributed by atoms with Gasteiger partial charge >= 0.3 is 0 Å². The number of hydrogen-bond donors (Lipinski definition) is 0. The monoisotopic (exact) mass is 276 g/mol. The number of carbonyl (C=O) groups is 1. The molecule has 0 radical (unpaired) electrons. The normalized spacial score (nSPS) is 10.2. The van der Waals surface area contributed by atoms with Crippen LogP contribution in [0.25, 0.3) is 0 Å². The maximum Gasteiger partial charge on any atom is 0.150 e. The molecule has 0 saturated carbocycles. The minimum absolute atomic E-state index is 0.346. The van der Waals surface area contributed by atoms with Gasteiger partial charge in [-0.05, 0) is 18.2 Å². The molecule has 0 aliphatic carbocycles. The number of anilines is 1. The van der Waals surface area contributed by atoms with Crippen LogP contribution >= 0.6 is 11.9 Å². The van der Waals surface area contributed by atoms with E-state index in [0.717, 1.165) is 5.69 Å². The highest BCUT2D eigenvalue weighted by Crippen LogP contribution is 2.23. The van der Waals surface area contributed by atoms with Crippen LogP contribution in [0.3, 0.4) is 0 Å². The van der Waals surface area contributed by atoms with Crippen LogP contribution in [0.2, 0.25) is 0 Å². The maximum atomic E-state index is 13.8. The van der Waals surface area contributed by atoms with Crippen molar-refractivity contribution >= 4 is 23.9 Å². The topological polar surface area (TPSA) is 33.2 Å². The summed E-state index contributed by atoms with van der Waals surface area (Å²) in [5.41, 5.74) is 1.80. The standard InChI is InChI=1S/C14H13FN2OS/c1-19-17(13-3-2-6-16-8-13)9-12-5-4-11(10-18)7-14(12)15/h2-8,10H,9H2,1H3. The molecule has 0 bridgehead atoms. The fraction of sp³-hybridized carbons (Fsp3) is 0.143. The lowest BCUT2D eigenvalue weighted by atomic mass is 10.1. The van der Waals surface area contributed by atoms with E-state index in [1.807, 2.05) is 22.7 Å². The van der Waals surface area contributed by atoms with Crippen molar-refractivity contribution < 1.29 is 9.18 Å². The number of pyridine rings is 1. The number of hydrogen-bond acceptors (Lipinski definition) is 4. The minimum atomic E-state index is -0.368. The Kier molecular flexibility index (Phi) is 4.52. The van der Waals surface area contributed by atoms with Gasteiger partial charge in [0.25, 0.3) is 0 Å². The first-order chi connectivity index (χ1) is 9.24. The largest absolute Gasteiger partial charge is 0.310 e. The quantitative estimate of drug-likeness (QED) is 0.619. The van der Waals surface area contributed by atoms with Crippen LogP contribution in [0.5, 0.6) is 0 Å². The van der Waals surface area contributed by atoms with Crippen molar-refractivity contribution in [3.63, 3.8) is 0 Å². The lowest BCUT2D eigenvalue weighted by molar-refractivity contribution is 0.112. The van der Waals surface area contributed by atoms with Crippen LogP contribution in [0.15, 0.2) is 42.7 Å². The van der Waals surface area contributed by atoms with Gasteiger partial charge in [0.05, 0.1) is 18.4 Å². The molecule has 0 atom stereocenters. The molecule has 0 saturated heterocycles. The third-order valence-corrected chi connectivity index (χ3v) is 3.46. The summed E-state index contributed by atoms with van der Waals surface area (Å²) >= 11 is 1.49. The molecular weight excluding hydrogens is 263 g/mol. The van der Waals surface area contributed by atoms with Gasteiger partial charge in [-0.1, -0.05) is 24.1 Å². The van der Waals surface area contributed by atoms with Crippen LogP contribution in [0.4, 0.5) is 10.1 Å². The summed E-state index contributed by atoms with van der Waals surface area (Å²) in [6, 6.07) is 8.27. The molecule has 2 aromatic rings. The SMILES string of the molecule is CSN(Cc1ccc(C=O)cc1F)c1cccnc1. The molecule has 0 aliphatic rings. The Bertz CT molecular complexity index is 563. The number of halogens is 1. The average Bonchev–Trinajstić information content (AvgIpc) is 2.47. The molecule has 0 N–H and O–H groups in total. The Morgan fingerprint density at radius 3 is 2.84 bits per heavy atom. The Balaban J connectivity index is 2.21. The number of nitrogens with zero attached hydrogens (tertiary/aromatic N) is 2. The second-order valence-electron chi connectivity index (χ2n) is 3.90. The molecule has 1 aromatic carbocycles. The van der Waals surface area contributed by atoms with E-state index >= 15 is 0 Å². The summed E-state index contributed by atoms with van der Waals surface area (Å²) in [6.45, 7) is 0.415.